The minimum absolute atomic E-state index is 0.165. The summed E-state index contributed by atoms with van der Waals surface area (Å²) in [5.74, 6) is 0.272. The summed E-state index contributed by atoms with van der Waals surface area (Å²) < 4.78 is 5.00. The molecule has 0 aliphatic carbocycles. The van der Waals surface area contributed by atoms with Crippen LogP contribution in [-0.2, 0) is 13.0 Å². The van der Waals surface area contributed by atoms with E-state index in [1.165, 1.54) is 0 Å². The molecule has 1 amide bonds. The number of rotatable bonds is 5. The number of para-hydroxylation sites is 1. The zero-order chi connectivity index (χ0) is 21.9. The third-order valence-corrected chi connectivity index (χ3v) is 5.22. The molecule has 8 heteroatoms. The number of anilines is 3. The molecule has 8 nitrogen and oxygen atoms in total. The van der Waals surface area contributed by atoms with Gasteiger partial charge >= 0.3 is 0 Å². The molecule has 2 aromatic carbocycles. The lowest BCUT2D eigenvalue weighted by molar-refractivity contribution is 0.0951. The second-order valence-electron chi connectivity index (χ2n) is 7.49. The molecule has 0 spiro atoms. The van der Waals surface area contributed by atoms with Gasteiger partial charge in [-0.15, -0.1) is 0 Å². The van der Waals surface area contributed by atoms with Gasteiger partial charge in [0.15, 0.2) is 0 Å². The van der Waals surface area contributed by atoms with Crippen LogP contribution in [0.25, 0.3) is 11.3 Å². The smallest absolute Gasteiger partial charge is 0.251 e. The molecule has 3 heterocycles. The molecular formula is C24H21N5O3. The normalized spacial score (nSPS) is 14.5. The van der Waals surface area contributed by atoms with Crippen molar-refractivity contribution in [2.45, 2.75) is 19.2 Å². The van der Waals surface area contributed by atoms with E-state index in [1.54, 1.807) is 43.0 Å². The Labute approximate surface area is 184 Å². The fourth-order valence-electron chi connectivity index (χ4n) is 3.62. The van der Waals surface area contributed by atoms with E-state index >= 15 is 0 Å². The Kier molecular flexibility index (Phi) is 5.27. The number of amides is 1. The first-order chi connectivity index (χ1) is 15.7. The third-order valence-electron chi connectivity index (χ3n) is 5.22. The van der Waals surface area contributed by atoms with Crippen molar-refractivity contribution < 1.29 is 14.3 Å². The van der Waals surface area contributed by atoms with Crippen LogP contribution in [0, 0.1) is 0 Å². The molecule has 5 rings (SSSR count). The summed E-state index contributed by atoms with van der Waals surface area (Å²) in [6.45, 7) is 0.406. The standard InChI is InChI=1S/C24H21N5O3/c30-21-11-17-13-26-24(29-22(17)19-3-1-2-4-20(19)28-21)27-18-7-5-16(6-8-18)23(31)25-12-15-9-10-32-14-15/h1-10,13-14,21,28,30H,11-12H2,(H,25,31)(H,26,27,29). The number of hydrogen-bond donors (Lipinski definition) is 4. The zero-order valence-electron chi connectivity index (χ0n) is 17.1. The van der Waals surface area contributed by atoms with Crippen LogP contribution in [0.3, 0.4) is 0 Å². The van der Waals surface area contributed by atoms with Crippen molar-refractivity contribution in [3.63, 3.8) is 0 Å². The third kappa shape index (κ3) is 4.17. The molecule has 160 valence electrons. The predicted octanol–water partition coefficient (Wildman–Crippen LogP) is 3.70. The van der Waals surface area contributed by atoms with Gasteiger partial charge in [-0.3, -0.25) is 4.79 Å². The highest BCUT2D eigenvalue weighted by Crippen LogP contribution is 2.33. The van der Waals surface area contributed by atoms with E-state index < -0.39 is 6.23 Å². The Balaban J connectivity index is 1.32. The number of furan rings is 1. The quantitative estimate of drug-likeness (QED) is 0.384. The number of fused-ring (bicyclic) bond motifs is 3. The molecule has 4 aromatic rings. The Morgan fingerprint density at radius 2 is 2.00 bits per heavy atom. The molecule has 0 saturated heterocycles. The number of aliphatic hydroxyl groups excluding tert-OH is 1. The van der Waals surface area contributed by atoms with Gasteiger partial charge in [0.1, 0.15) is 6.23 Å². The van der Waals surface area contributed by atoms with Gasteiger partial charge in [-0.2, -0.15) is 0 Å². The largest absolute Gasteiger partial charge is 0.472 e. The number of nitrogens with zero attached hydrogens (tertiary/aromatic N) is 2. The van der Waals surface area contributed by atoms with Gasteiger partial charge in [0, 0.05) is 52.8 Å². The summed E-state index contributed by atoms with van der Waals surface area (Å²) in [4.78, 5) is 21.4. The molecule has 1 aliphatic rings. The number of benzene rings is 2. The molecule has 32 heavy (non-hydrogen) atoms. The van der Waals surface area contributed by atoms with Crippen LogP contribution in [0.15, 0.2) is 77.7 Å². The number of aliphatic hydroxyl groups is 1. The van der Waals surface area contributed by atoms with Crippen LogP contribution in [0.1, 0.15) is 21.5 Å². The Morgan fingerprint density at radius 3 is 2.81 bits per heavy atom. The van der Waals surface area contributed by atoms with Crippen molar-refractivity contribution in [2.75, 3.05) is 10.6 Å². The van der Waals surface area contributed by atoms with Gasteiger partial charge in [0.25, 0.3) is 5.91 Å². The molecule has 0 saturated carbocycles. The van der Waals surface area contributed by atoms with Gasteiger partial charge in [-0.25, -0.2) is 9.97 Å². The number of carbonyl (C=O) groups excluding carboxylic acids is 1. The summed E-state index contributed by atoms with van der Waals surface area (Å²) in [6, 6.07) is 16.6. The maximum Gasteiger partial charge on any atom is 0.251 e. The van der Waals surface area contributed by atoms with E-state index in [0.717, 1.165) is 33.8 Å². The van der Waals surface area contributed by atoms with Gasteiger partial charge in [-0.05, 0) is 36.4 Å². The van der Waals surface area contributed by atoms with Gasteiger partial charge in [-0.1, -0.05) is 18.2 Å². The Morgan fingerprint density at radius 1 is 1.16 bits per heavy atom. The van der Waals surface area contributed by atoms with Gasteiger partial charge in [0.05, 0.1) is 18.2 Å². The van der Waals surface area contributed by atoms with Crippen molar-refractivity contribution in [3.8, 4) is 11.3 Å². The molecule has 1 aliphatic heterocycles. The van der Waals surface area contributed by atoms with Crippen molar-refractivity contribution in [3.05, 3.63) is 90.0 Å². The van der Waals surface area contributed by atoms with E-state index in [-0.39, 0.29) is 5.91 Å². The minimum Gasteiger partial charge on any atom is -0.472 e. The van der Waals surface area contributed by atoms with E-state index in [0.29, 0.717) is 24.5 Å². The maximum absolute atomic E-state index is 12.3. The molecule has 2 aromatic heterocycles. The average molecular weight is 427 g/mol. The molecule has 4 N–H and O–H groups in total. The first-order valence-electron chi connectivity index (χ1n) is 10.2. The van der Waals surface area contributed by atoms with E-state index in [1.807, 2.05) is 30.3 Å². The summed E-state index contributed by atoms with van der Waals surface area (Å²) in [5, 5.41) is 19.4. The SMILES string of the molecule is O=C(NCc1ccoc1)c1ccc(Nc2ncc3c(n2)-c2ccccc2NC(O)C3)cc1. The molecule has 0 fully saturated rings. The molecular weight excluding hydrogens is 406 g/mol. The fraction of sp³-hybridized carbons (Fsp3) is 0.125. The van der Waals surface area contributed by atoms with Crippen LogP contribution in [0.4, 0.5) is 17.3 Å². The topological polar surface area (TPSA) is 112 Å². The highest BCUT2D eigenvalue weighted by atomic mass is 16.3. The first-order valence-corrected chi connectivity index (χ1v) is 10.2. The van der Waals surface area contributed by atoms with Crippen LogP contribution in [0.5, 0.6) is 0 Å². The lowest BCUT2D eigenvalue weighted by Gasteiger charge is -2.11. The van der Waals surface area contributed by atoms with Crippen molar-refractivity contribution in [1.29, 1.82) is 0 Å². The molecule has 1 unspecified atom stereocenters. The van der Waals surface area contributed by atoms with Crippen molar-refractivity contribution >= 4 is 23.2 Å². The highest BCUT2D eigenvalue weighted by molar-refractivity contribution is 5.94. The summed E-state index contributed by atoms with van der Waals surface area (Å²) >= 11 is 0. The second kappa shape index (κ2) is 8.52. The number of carbonyl (C=O) groups is 1. The van der Waals surface area contributed by atoms with Crippen LogP contribution >= 0.6 is 0 Å². The Bertz CT molecular complexity index is 1240. The number of aromatic nitrogens is 2. The predicted molar refractivity (Wildman–Crippen MR) is 120 cm³/mol. The number of nitrogens with one attached hydrogen (secondary N) is 3. The molecule has 0 bridgehead atoms. The molecule has 0 radical (unpaired) electrons. The summed E-state index contributed by atoms with van der Waals surface area (Å²) in [7, 11) is 0. The maximum atomic E-state index is 12.3. The lowest BCUT2D eigenvalue weighted by atomic mass is 10.1. The monoisotopic (exact) mass is 427 g/mol. The highest BCUT2D eigenvalue weighted by Gasteiger charge is 2.21. The van der Waals surface area contributed by atoms with Crippen LogP contribution in [0.2, 0.25) is 0 Å². The second-order valence-corrected chi connectivity index (χ2v) is 7.49. The summed E-state index contributed by atoms with van der Waals surface area (Å²) in [6.07, 6.45) is 4.61. The Hall–Kier alpha value is -4.17. The zero-order valence-corrected chi connectivity index (χ0v) is 17.1. The van der Waals surface area contributed by atoms with Crippen LogP contribution < -0.4 is 16.0 Å². The van der Waals surface area contributed by atoms with E-state index in [2.05, 4.69) is 20.9 Å². The fourth-order valence-corrected chi connectivity index (χ4v) is 3.62. The number of hydrogen-bond acceptors (Lipinski definition) is 7. The first kappa shape index (κ1) is 19.8. The van der Waals surface area contributed by atoms with Crippen LogP contribution in [-0.4, -0.2) is 27.2 Å². The molecule has 1 atom stereocenters. The minimum atomic E-state index is -0.702. The lowest BCUT2D eigenvalue weighted by Crippen LogP contribution is -2.22. The van der Waals surface area contributed by atoms with Gasteiger partial charge in [0.2, 0.25) is 5.95 Å². The van der Waals surface area contributed by atoms with E-state index in [9.17, 15) is 9.90 Å². The van der Waals surface area contributed by atoms with E-state index in [4.69, 9.17) is 9.40 Å². The van der Waals surface area contributed by atoms with Crippen molar-refractivity contribution in [2.24, 2.45) is 0 Å². The van der Waals surface area contributed by atoms with Gasteiger partial charge < -0.3 is 25.5 Å². The summed E-state index contributed by atoms with van der Waals surface area (Å²) in [5.41, 5.74) is 5.60. The average Bonchev–Trinajstić information content (AvgIpc) is 3.28. The van der Waals surface area contributed by atoms with Crippen molar-refractivity contribution in [1.82, 2.24) is 15.3 Å².